The molecular weight excluding hydrogens is 688 g/mol. The molecule has 0 aromatic rings. The van der Waals surface area contributed by atoms with Crippen LogP contribution in [0.25, 0.3) is 0 Å². The Labute approximate surface area is 325 Å². The summed E-state index contributed by atoms with van der Waals surface area (Å²) in [6, 6.07) is 0. The van der Waals surface area contributed by atoms with Gasteiger partial charge in [-0.05, 0) is 107 Å². The molecule has 0 atom stereocenters. The van der Waals surface area contributed by atoms with Gasteiger partial charge < -0.3 is 20.0 Å². The van der Waals surface area contributed by atoms with Crippen molar-refractivity contribution in [1.82, 2.24) is 19.9 Å². The fourth-order valence-electron chi connectivity index (χ4n) is 9.88. The second-order valence-corrected chi connectivity index (χ2v) is 19.3. The van der Waals surface area contributed by atoms with Gasteiger partial charge in [0.25, 0.3) is 0 Å². The van der Waals surface area contributed by atoms with Crippen molar-refractivity contribution in [3.8, 4) is 0 Å². The maximum Gasteiger partial charge on any atom is 0.309 e. The minimum atomic E-state index is -1.16. The first-order valence-corrected chi connectivity index (χ1v) is 21.2. The van der Waals surface area contributed by atoms with Crippen LogP contribution in [0.5, 0.6) is 0 Å². The van der Waals surface area contributed by atoms with Crippen LogP contribution in [0.15, 0.2) is 0 Å². The van der Waals surface area contributed by atoms with Gasteiger partial charge in [-0.25, -0.2) is 0 Å². The number of carboxylic acid groups (broad SMARTS) is 2. The van der Waals surface area contributed by atoms with Crippen molar-refractivity contribution in [1.29, 1.82) is 0 Å². The lowest BCUT2D eigenvalue weighted by Gasteiger charge is -2.55. The molecule has 2 saturated carbocycles. The summed E-state index contributed by atoms with van der Waals surface area (Å²) in [5.74, 6) is -1.83. The van der Waals surface area contributed by atoms with E-state index in [1.807, 2.05) is 47.6 Å². The number of piperazine rings is 2. The first kappa shape index (κ1) is 44.4. The number of amides is 2. The first-order valence-electron chi connectivity index (χ1n) is 21.2. The van der Waals surface area contributed by atoms with Crippen LogP contribution in [0.3, 0.4) is 0 Å². The third kappa shape index (κ3) is 10.8. The maximum atomic E-state index is 14.2. The molecule has 12 heteroatoms. The summed E-state index contributed by atoms with van der Waals surface area (Å²) in [5.41, 5.74) is -3.98. The van der Waals surface area contributed by atoms with Crippen molar-refractivity contribution >= 4 is 23.8 Å². The Bertz CT molecular complexity index is 1210. The molecule has 310 valence electrons. The molecule has 2 aliphatic heterocycles. The third-order valence-corrected chi connectivity index (χ3v) is 12.7. The van der Waals surface area contributed by atoms with Gasteiger partial charge >= 0.3 is 11.9 Å². The summed E-state index contributed by atoms with van der Waals surface area (Å²) in [5, 5.41) is 23.9. The molecular formula is C42H74N4O8. The lowest BCUT2D eigenvalue weighted by Crippen LogP contribution is -2.72. The molecule has 0 unspecified atom stereocenters. The fraction of sp³-hybridized carbons (Fsp3) is 0.905. The van der Waals surface area contributed by atoms with Crippen molar-refractivity contribution in [2.24, 2.45) is 5.41 Å². The Morgan fingerprint density at radius 2 is 1.00 bits per heavy atom. The first-order chi connectivity index (χ1) is 25.2. The summed E-state index contributed by atoms with van der Waals surface area (Å²) in [7, 11) is 0. The van der Waals surface area contributed by atoms with E-state index in [0.29, 0.717) is 45.4 Å². The molecule has 2 aliphatic carbocycles. The van der Waals surface area contributed by atoms with Gasteiger partial charge in [-0.3, -0.25) is 28.9 Å². The highest BCUT2D eigenvalue weighted by molar-refractivity contribution is 5.87. The summed E-state index contributed by atoms with van der Waals surface area (Å²) >= 11 is 0. The van der Waals surface area contributed by atoms with E-state index in [0.717, 1.165) is 70.6 Å². The molecule has 2 N–H and O–H groups in total. The van der Waals surface area contributed by atoms with Gasteiger partial charge in [0.05, 0.1) is 28.7 Å². The molecule has 4 aliphatic rings. The monoisotopic (exact) mass is 763 g/mol. The van der Waals surface area contributed by atoms with Gasteiger partial charge in [0.15, 0.2) is 0 Å². The van der Waals surface area contributed by atoms with Crippen LogP contribution in [-0.2, 0) is 28.9 Å². The quantitative estimate of drug-likeness (QED) is 0.127. The molecule has 0 radical (unpaired) electrons. The summed E-state index contributed by atoms with van der Waals surface area (Å²) < 4.78 is 0. The predicted molar refractivity (Wildman–Crippen MR) is 208 cm³/mol. The molecule has 0 bridgehead atoms. The van der Waals surface area contributed by atoms with Crippen molar-refractivity contribution < 1.29 is 39.1 Å². The Hall–Kier alpha value is -2.28. The number of hydrogen-bond donors (Lipinski definition) is 2. The van der Waals surface area contributed by atoms with E-state index in [-0.39, 0.29) is 43.3 Å². The molecule has 2 amide bonds. The van der Waals surface area contributed by atoms with Crippen LogP contribution in [0.4, 0.5) is 0 Å². The number of hydroxylamine groups is 4. The molecule has 2 saturated heterocycles. The minimum absolute atomic E-state index is 0.0666. The summed E-state index contributed by atoms with van der Waals surface area (Å²) in [6.07, 6.45) is 15.9. The number of carboxylic acids is 2. The molecule has 2 heterocycles. The van der Waals surface area contributed by atoms with Gasteiger partial charge in [0, 0.05) is 32.6 Å². The Morgan fingerprint density at radius 1 is 0.611 bits per heavy atom. The highest BCUT2D eigenvalue weighted by Crippen LogP contribution is 2.41. The second-order valence-electron chi connectivity index (χ2n) is 19.3. The van der Waals surface area contributed by atoms with E-state index in [9.17, 15) is 24.3 Å². The molecule has 12 nitrogen and oxygen atoms in total. The number of carbonyl (C=O) groups is 4. The van der Waals surface area contributed by atoms with Crippen molar-refractivity contribution in [2.45, 2.75) is 212 Å². The zero-order chi connectivity index (χ0) is 40.0. The SMILES string of the molecule is CC1(C)CN(CCC(CCCCCCCC(=O)O)(CCN2CC(C)(C)N(OC3CCCCC3)C(C)(C)C2=O)C(=O)O)C(=O)C(C)(C)N1OC1CCCCC1. The maximum absolute atomic E-state index is 14.2. The molecule has 4 fully saturated rings. The number of unbranched alkanes of at least 4 members (excludes halogenated alkanes) is 4. The Kier molecular flexibility index (Phi) is 15.1. The summed E-state index contributed by atoms with van der Waals surface area (Å²) in [4.78, 5) is 69.7. The Morgan fingerprint density at radius 3 is 1.39 bits per heavy atom. The van der Waals surface area contributed by atoms with Crippen molar-refractivity contribution in [3.05, 3.63) is 0 Å². The standard InChI is InChI=1S/C42H74N4O8/c1-38(2)30-43(35(49)40(5,6)45(38)53-32-20-14-12-15-21-32)28-26-42(37(51)52,25-19-11-9-10-18-24-34(47)48)27-29-44-31-39(3,4)46(41(7,8)36(44)50)54-33-22-16-13-17-23-33/h32-33H,9-31H2,1-8H3,(H,47,48)(H,51,52). The zero-order valence-electron chi connectivity index (χ0n) is 35.1. The van der Waals surface area contributed by atoms with E-state index in [2.05, 4.69) is 27.7 Å². The molecule has 0 aromatic carbocycles. The van der Waals surface area contributed by atoms with Gasteiger partial charge in [-0.15, -0.1) is 0 Å². The highest BCUT2D eigenvalue weighted by atomic mass is 16.7. The number of aliphatic carboxylic acids is 2. The molecule has 0 spiro atoms. The third-order valence-electron chi connectivity index (χ3n) is 12.7. The molecule has 4 rings (SSSR count). The fourth-order valence-corrected chi connectivity index (χ4v) is 9.88. The van der Waals surface area contributed by atoms with Gasteiger partial charge in [-0.1, -0.05) is 64.2 Å². The number of carbonyl (C=O) groups excluding carboxylic acids is 2. The number of nitrogens with zero attached hydrogens (tertiary/aromatic N) is 4. The Balaban J connectivity index is 1.50. The second kappa shape index (κ2) is 18.3. The van der Waals surface area contributed by atoms with E-state index in [1.165, 1.54) is 12.8 Å². The van der Waals surface area contributed by atoms with Gasteiger partial charge in [-0.2, -0.15) is 10.1 Å². The minimum Gasteiger partial charge on any atom is -0.481 e. The topological polar surface area (TPSA) is 140 Å². The van der Waals surface area contributed by atoms with E-state index in [1.54, 1.807) is 0 Å². The lowest BCUT2D eigenvalue weighted by atomic mass is 9.75. The van der Waals surface area contributed by atoms with Crippen molar-refractivity contribution in [2.75, 3.05) is 26.2 Å². The van der Waals surface area contributed by atoms with Crippen LogP contribution in [-0.4, -0.2) is 114 Å². The van der Waals surface area contributed by atoms with Crippen LogP contribution < -0.4 is 0 Å². The average molecular weight is 763 g/mol. The zero-order valence-corrected chi connectivity index (χ0v) is 35.1. The van der Waals surface area contributed by atoms with Crippen LogP contribution in [0.1, 0.15) is 177 Å². The van der Waals surface area contributed by atoms with Crippen LogP contribution >= 0.6 is 0 Å². The summed E-state index contributed by atoms with van der Waals surface area (Å²) in [6.45, 7) is 17.5. The lowest BCUT2D eigenvalue weighted by molar-refractivity contribution is -0.304. The molecule has 0 aromatic heterocycles. The van der Waals surface area contributed by atoms with Crippen LogP contribution in [0, 0.1) is 5.41 Å². The predicted octanol–water partition coefficient (Wildman–Crippen LogP) is 7.58. The number of rotatable bonds is 19. The molecule has 54 heavy (non-hydrogen) atoms. The van der Waals surface area contributed by atoms with Gasteiger partial charge in [0.2, 0.25) is 11.8 Å². The van der Waals surface area contributed by atoms with E-state index >= 15 is 0 Å². The normalized spacial score (nSPS) is 24.2. The van der Waals surface area contributed by atoms with Gasteiger partial charge in [0.1, 0.15) is 11.1 Å². The highest BCUT2D eigenvalue weighted by Gasteiger charge is 2.55. The average Bonchev–Trinajstić information content (AvgIpc) is 3.10. The van der Waals surface area contributed by atoms with Crippen LogP contribution in [0.2, 0.25) is 0 Å². The van der Waals surface area contributed by atoms with Crippen molar-refractivity contribution in [3.63, 3.8) is 0 Å². The largest absolute Gasteiger partial charge is 0.481 e. The number of hydrogen-bond acceptors (Lipinski definition) is 8. The smallest absolute Gasteiger partial charge is 0.309 e. The van der Waals surface area contributed by atoms with E-state index in [4.69, 9.17) is 14.8 Å². The van der Waals surface area contributed by atoms with E-state index < -0.39 is 39.5 Å².